The molecular formula is C13H16N2O4. The van der Waals surface area contributed by atoms with Crippen molar-refractivity contribution in [2.24, 2.45) is 0 Å². The summed E-state index contributed by atoms with van der Waals surface area (Å²) in [4.78, 5) is 37.0. The van der Waals surface area contributed by atoms with E-state index in [-0.39, 0.29) is 12.0 Å². The fraction of sp³-hybridized carbons (Fsp3) is 0.462. The van der Waals surface area contributed by atoms with Crippen molar-refractivity contribution >= 4 is 11.9 Å². The number of carboxylic acids is 1. The van der Waals surface area contributed by atoms with Gasteiger partial charge in [0.2, 0.25) is 0 Å². The Morgan fingerprint density at radius 3 is 2.63 bits per heavy atom. The van der Waals surface area contributed by atoms with E-state index in [2.05, 4.69) is 10.3 Å². The summed E-state index contributed by atoms with van der Waals surface area (Å²) in [5.41, 5.74) is -1.17. The molecule has 0 radical (unpaired) electrons. The maximum atomic E-state index is 12.1. The van der Waals surface area contributed by atoms with Gasteiger partial charge in [-0.2, -0.15) is 0 Å². The maximum Gasteiger partial charge on any atom is 0.305 e. The second-order valence-corrected chi connectivity index (χ2v) is 4.92. The standard InChI is InChI=1S/C13H16N2O4/c16-10(17)8-13(5-1-2-6-13)15-12(19)9-4-3-7-14-11(9)18/h3-4,7H,1-2,5-6,8H2,(H,14,18)(H,15,19)(H,16,17). The smallest absolute Gasteiger partial charge is 0.305 e. The Kier molecular flexibility index (Phi) is 3.69. The molecule has 1 aromatic rings. The molecule has 0 bridgehead atoms. The van der Waals surface area contributed by atoms with E-state index in [4.69, 9.17) is 5.11 Å². The molecule has 19 heavy (non-hydrogen) atoms. The molecule has 6 nitrogen and oxygen atoms in total. The number of H-pyrrole nitrogens is 1. The second kappa shape index (κ2) is 5.26. The number of aromatic amines is 1. The number of aromatic nitrogens is 1. The maximum absolute atomic E-state index is 12.1. The number of amides is 1. The number of carboxylic acid groups (broad SMARTS) is 1. The Hall–Kier alpha value is -2.11. The van der Waals surface area contributed by atoms with Crippen LogP contribution in [0.3, 0.4) is 0 Å². The van der Waals surface area contributed by atoms with E-state index < -0.39 is 23.0 Å². The highest BCUT2D eigenvalue weighted by Crippen LogP contribution is 2.32. The monoisotopic (exact) mass is 264 g/mol. The Balaban J connectivity index is 2.18. The number of pyridine rings is 1. The first-order valence-electron chi connectivity index (χ1n) is 6.24. The van der Waals surface area contributed by atoms with Crippen molar-refractivity contribution in [2.45, 2.75) is 37.6 Å². The van der Waals surface area contributed by atoms with Gasteiger partial charge >= 0.3 is 5.97 Å². The Morgan fingerprint density at radius 1 is 1.37 bits per heavy atom. The average Bonchev–Trinajstić information content (AvgIpc) is 2.76. The van der Waals surface area contributed by atoms with Crippen LogP contribution in [0.2, 0.25) is 0 Å². The number of nitrogens with one attached hydrogen (secondary N) is 2. The van der Waals surface area contributed by atoms with E-state index in [0.29, 0.717) is 12.8 Å². The summed E-state index contributed by atoms with van der Waals surface area (Å²) < 4.78 is 0. The fourth-order valence-electron chi connectivity index (χ4n) is 2.60. The average molecular weight is 264 g/mol. The van der Waals surface area contributed by atoms with Crippen LogP contribution in [-0.2, 0) is 4.79 Å². The van der Waals surface area contributed by atoms with Gasteiger partial charge in [-0.15, -0.1) is 0 Å². The van der Waals surface area contributed by atoms with E-state index >= 15 is 0 Å². The van der Waals surface area contributed by atoms with Crippen LogP contribution >= 0.6 is 0 Å². The molecular weight excluding hydrogens is 248 g/mol. The van der Waals surface area contributed by atoms with Crippen LogP contribution in [0.5, 0.6) is 0 Å². The molecule has 1 heterocycles. The lowest BCUT2D eigenvalue weighted by Gasteiger charge is -2.28. The van der Waals surface area contributed by atoms with E-state index in [1.165, 1.54) is 12.3 Å². The van der Waals surface area contributed by atoms with Gasteiger partial charge in [0.1, 0.15) is 5.56 Å². The Morgan fingerprint density at radius 2 is 2.05 bits per heavy atom. The number of carbonyl (C=O) groups excluding carboxylic acids is 1. The summed E-state index contributed by atoms with van der Waals surface area (Å²) >= 11 is 0. The largest absolute Gasteiger partial charge is 0.481 e. The molecule has 1 aliphatic carbocycles. The summed E-state index contributed by atoms with van der Waals surface area (Å²) in [7, 11) is 0. The third-order valence-electron chi connectivity index (χ3n) is 3.49. The van der Waals surface area contributed by atoms with Gasteiger partial charge in [0.15, 0.2) is 0 Å². The molecule has 2 rings (SSSR count). The van der Waals surface area contributed by atoms with E-state index in [1.807, 2.05) is 0 Å². The molecule has 1 saturated carbocycles. The van der Waals surface area contributed by atoms with Crippen molar-refractivity contribution in [1.82, 2.24) is 10.3 Å². The normalized spacial score (nSPS) is 17.1. The third kappa shape index (κ3) is 3.01. The van der Waals surface area contributed by atoms with Crippen LogP contribution < -0.4 is 10.9 Å². The Labute approximate surface area is 109 Å². The summed E-state index contributed by atoms with van der Waals surface area (Å²) in [5, 5.41) is 11.7. The summed E-state index contributed by atoms with van der Waals surface area (Å²) in [6.45, 7) is 0. The summed E-state index contributed by atoms with van der Waals surface area (Å²) in [5.74, 6) is -1.45. The quantitative estimate of drug-likeness (QED) is 0.752. The van der Waals surface area contributed by atoms with Gasteiger partial charge in [-0.3, -0.25) is 14.4 Å². The van der Waals surface area contributed by atoms with Crippen LogP contribution in [0.15, 0.2) is 23.1 Å². The van der Waals surface area contributed by atoms with Gasteiger partial charge in [-0.25, -0.2) is 0 Å². The lowest BCUT2D eigenvalue weighted by atomic mass is 9.93. The highest BCUT2D eigenvalue weighted by atomic mass is 16.4. The molecule has 0 unspecified atom stereocenters. The van der Waals surface area contributed by atoms with E-state index in [0.717, 1.165) is 12.8 Å². The van der Waals surface area contributed by atoms with Crippen molar-refractivity contribution in [1.29, 1.82) is 0 Å². The molecule has 0 aromatic carbocycles. The Bertz CT molecular complexity index is 544. The summed E-state index contributed by atoms with van der Waals surface area (Å²) in [6, 6.07) is 2.99. The van der Waals surface area contributed by atoms with Gasteiger partial charge in [-0.1, -0.05) is 12.8 Å². The number of rotatable bonds is 4. The molecule has 0 atom stereocenters. The molecule has 3 N–H and O–H groups in total. The number of hydrogen-bond acceptors (Lipinski definition) is 3. The first-order valence-corrected chi connectivity index (χ1v) is 6.24. The third-order valence-corrected chi connectivity index (χ3v) is 3.49. The lowest BCUT2D eigenvalue weighted by molar-refractivity contribution is -0.138. The van der Waals surface area contributed by atoms with Gasteiger partial charge in [0.05, 0.1) is 12.0 Å². The molecule has 0 aliphatic heterocycles. The van der Waals surface area contributed by atoms with Crippen LogP contribution in [0, 0.1) is 0 Å². The zero-order chi connectivity index (χ0) is 13.9. The topological polar surface area (TPSA) is 99.3 Å². The molecule has 0 saturated heterocycles. The predicted molar refractivity (Wildman–Crippen MR) is 68.0 cm³/mol. The van der Waals surface area contributed by atoms with Gasteiger partial charge in [0, 0.05) is 6.20 Å². The zero-order valence-corrected chi connectivity index (χ0v) is 10.4. The zero-order valence-electron chi connectivity index (χ0n) is 10.4. The van der Waals surface area contributed by atoms with Crippen LogP contribution in [-0.4, -0.2) is 27.5 Å². The SMILES string of the molecule is O=C(O)CC1(NC(=O)c2ccc[nH]c2=O)CCCC1. The first-order chi connectivity index (χ1) is 9.02. The van der Waals surface area contributed by atoms with Gasteiger partial charge in [0.25, 0.3) is 11.5 Å². The molecule has 6 heteroatoms. The van der Waals surface area contributed by atoms with Crippen molar-refractivity contribution in [3.63, 3.8) is 0 Å². The highest BCUT2D eigenvalue weighted by molar-refractivity contribution is 5.94. The van der Waals surface area contributed by atoms with E-state index in [9.17, 15) is 14.4 Å². The van der Waals surface area contributed by atoms with Crippen molar-refractivity contribution < 1.29 is 14.7 Å². The van der Waals surface area contributed by atoms with Crippen molar-refractivity contribution in [3.05, 3.63) is 34.2 Å². The first kappa shape index (κ1) is 13.3. The summed E-state index contributed by atoms with van der Waals surface area (Å²) in [6.07, 6.45) is 4.38. The minimum Gasteiger partial charge on any atom is -0.481 e. The van der Waals surface area contributed by atoms with Crippen LogP contribution in [0.4, 0.5) is 0 Å². The number of carbonyl (C=O) groups is 2. The fourth-order valence-corrected chi connectivity index (χ4v) is 2.60. The molecule has 102 valence electrons. The highest BCUT2D eigenvalue weighted by Gasteiger charge is 2.37. The minimum absolute atomic E-state index is 0.0131. The minimum atomic E-state index is -0.941. The van der Waals surface area contributed by atoms with E-state index in [1.54, 1.807) is 6.07 Å². The molecule has 1 amide bonds. The number of aliphatic carboxylic acids is 1. The van der Waals surface area contributed by atoms with Crippen molar-refractivity contribution in [3.8, 4) is 0 Å². The van der Waals surface area contributed by atoms with Crippen LogP contribution in [0.1, 0.15) is 42.5 Å². The molecule has 0 spiro atoms. The second-order valence-electron chi connectivity index (χ2n) is 4.92. The van der Waals surface area contributed by atoms with Crippen molar-refractivity contribution in [2.75, 3.05) is 0 Å². The molecule has 1 aliphatic rings. The molecule has 1 fully saturated rings. The number of hydrogen-bond donors (Lipinski definition) is 3. The van der Waals surface area contributed by atoms with Crippen LogP contribution in [0.25, 0.3) is 0 Å². The molecule has 1 aromatic heterocycles. The van der Waals surface area contributed by atoms with Gasteiger partial charge < -0.3 is 15.4 Å². The van der Waals surface area contributed by atoms with Gasteiger partial charge in [-0.05, 0) is 25.0 Å². The lowest BCUT2D eigenvalue weighted by Crippen LogP contribution is -2.48. The predicted octanol–water partition coefficient (Wildman–Crippen LogP) is 0.892.